The molecule has 0 bridgehead atoms. The molecule has 2 saturated carbocycles. The van der Waals surface area contributed by atoms with Crippen LogP contribution in [0.3, 0.4) is 0 Å². The van der Waals surface area contributed by atoms with E-state index in [-0.39, 0.29) is 6.04 Å². The molecule has 140 valence electrons. The molecule has 7 heteroatoms. The number of aromatic nitrogens is 2. The minimum absolute atomic E-state index is 0.312. The van der Waals surface area contributed by atoms with Crippen molar-refractivity contribution in [2.75, 3.05) is 5.32 Å². The van der Waals surface area contributed by atoms with Crippen LogP contribution in [0.5, 0.6) is 0 Å². The highest BCUT2D eigenvalue weighted by Crippen LogP contribution is 2.43. The van der Waals surface area contributed by atoms with Crippen molar-refractivity contribution in [2.45, 2.75) is 37.4 Å². The summed E-state index contributed by atoms with van der Waals surface area (Å²) in [5.74, 6) is 0.643. The Morgan fingerprint density at radius 2 is 2.04 bits per heavy atom. The van der Waals surface area contributed by atoms with E-state index in [0.29, 0.717) is 45.3 Å². The first-order chi connectivity index (χ1) is 13.6. The van der Waals surface area contributed by atoms with E-state index in [1.807, 2.05) is 6.07 Å². The second-order valence-corrected chi connectivity index (χ2v) is 7.78. The summed E-state index contributed by atoms with van der Waals surface area (Å²) in [5, 5.41) is 13.7. The highest BCUT2D eigenvalue weighted by Gasteiger charge is 2.38. The Balaban J connectivity index is 1.82. The number of alkyl halides is 1. The van der Waals surface area contributed by atoms with Gasteiger partial charge in [0.05, 0.1) is 33.9 Å². The molecule has 5 rings (SSSR count). The van der Waals surface area contributed by atoms with Crippen molar-refractivity contribution in [2.24, 2.45) is 0 Å². The fourth-order valence-electron chi connectivity index (χ4n) is 3.58. The summed E-state index contributed by atoms with van der Waals surface area (Å²) in [6.07, 6.45) is 1.50. The van der Waals surface area contributed by atoms with E-state index < -0.39 is 11.9 Å². The molecule has 0 amide bonds. The number of hydrogen-bond donors (Lipinski definition) is 1. The largest absolute Gasteiger partial charge is 0.364 e. The van der Waals surface area contributed by atoms with Crippen molar-refractivity contribution in [1.82, 2.24) is 9.55 Å². The van der Waals surface area contributed by atoms with Crippen LogP contribution >= 0.6 is 11.6 Å². The number of nitrogens with one attached hydrogen (secondary N) is 1. The molecule has 2 aliphatic rings. The standard InChI is InChI=1S/C21H16ClFN4O/c22-15-3-1-2-4-18(15)27-19-8-13(11-5-6-11)12(10-24)7-14(19)20(26-21(27)28)25-17-9-16(17)23/h1-4,7-8,11,16-17H,5-6,9H2,(H,25,26,28)/t16-,17-/m0/s1. The third-order valence-corrected chi connectivity index (χ3v) is 5.65. The molecular formula is C21H16ClFN4O. The zero-order valence-electron chi connectivity index (χ0n) is 14.8. The Kier molecular flexibility index (Phi) is 3.88. The summed E-state index contributed by atoms with van der Waals surface area (Å²) >= 11 is 6.35. The molecule has 28 heavy (non-hydrogen) atoms. The lowest BCUT2D eigenvalue weighted by Gasteiger charge is -2.16. The number of para-hydroxylation sites is 1. The van der Waals surface area contributed by atoms with E-state index in [1.54, 1.807) is 30.3 Å². The average molecular weight is 395 g/mol. The van der Waals surface area contributed by atoms with Crippen LogP contribution in [0.4, 0.5) is 10.2 Å². The van der Waals surface area contributed by atoms with Gasteiger partial charge in [-0.05, 0) is 48.6 Å². The van der Waals surface area contributed by atoms with E-state index in [2.05, 4.69) is 16.4 Å². The van der Waals surface area contributed by atoms with Gasteiger partial charge in [-0.1, -0.05) is 23.7 Å². The van der Waals surface area contributed by atoms with E-state index in [1.165, 1.54) is 4.57 Å². The third-order valence-electron chi connectivity index (χ3n) is 5.33. The predicted molar refractivity (Wildman–Crippen MR) is 106 cm³/mol. The number of nitriles is 1. The van der Waals surface area contributed by atoms with Gasteiger partial charge in [-0.3, -0.25) is 4.57 Å². The molecule has 2 fully saturated rings. The zero-order chi connectivity index (χ0) is 19.4. The van der Waals surface area contributed by atoms with Gasteiger partial charge >= 0.3 is 5.69 Å². The fourth-order valence-corrected chi connectivity index (χ4v) is 3.80. The van der Waals surface area contributed by atoms with Crippen LogP contribution in [0.25, 0.3) is 16.6 Å². The van der Waals surface area contributed by atoms with Crippen LogP contribution in [-0.4, -0.2) is 21.8 Å². The van der Waals surface area contributed by atoms with Gasteiger partial charge in [-0.25, -0.2) is 9.18 Å². The van der Waals surface area contributed by atoms with Crippen LogP contribution in [0, 0.1) is 11.3 Å². The Bertz CT molecular complexity index is 1210. The molecule has 0 saturated heterocycles. The normalized spacial score (nSPS) is 20.8. The number of halogens is 2. The van der Waals surface area contributed by atoms with Crippen LogP contribution in [0.15, 0.2) is 41.2 Å². The molecule has 2 aromatic carbocycles. The number of fused-ring (bicyclic) bond motifs is 1. The lowest BCUT2D eigenvalue weighted by molar-refractivity contribution is 0.472. The molecule has 0 aliphatic heterocycles. The molecule has 5 nitrogen and oxygen atoms in total. The SMILES string of the molecule is N#Cc1cc2c(N[C@H]3C[C@@H]3F)nc(=O)n(-c3ccccc3Cl)c2cc1C1CC1. The first kappa shape index (κ1) is 17.2. The maximum absolute atomic E-state index is 13.4. The minimum Gasteiger partial charge on any atom is -0.364 e. The summed E-state index contributed by atoms with van der Waals surface area (Å²) in [6, 6.07) is 12.6. The first-order valence-corrected chi connectivity index (χ1v) is 9.61. The van der Waals surface area contributed by atoms with Crippen LogP contribution < -0.4 is 11.0 Å². The van der Waals surface area contributed by atoms with Crippen molar-refractivity contribution >= 4 is 28.3 Å². The fraction of sp³-hybridized carbons (Fsp3) is 0.286. The summed E-state index contributed by atoms with van der Waals surface area (Å²) in [7, 11) is 0. The highest BCUT2D eigenvalue weighted by molar-refractivity contribution is 6.32. The molecule has 0 spiro atoms. The molecule has 2 atom stereocenters. The van der Waals surface area contributed by atoms with E-state index in [9.17, 15) is 14.4 Å². The van der Waals surface area contributed by atoms with Gasteiger partial charge in [-0.15, -0.1) is 0 Å². The molecule has 0 radical (unpaired) electrons. The third kappa shape index (κ3) is 2.83. The Hall–Kier alpha value is -2.91. The molecule has 1 heterocycles. The molecule has 1 aromatic heterocycles. The number of benzene rings is 2. The van der Waals surface area contributed by atoms with Crippen LogP contribution in [0.2, 0.25) is 5.02 Å². The second kappa shape index (κ2) is 6.32. The Morgan fingerprint density at radius 1 is 1.29 bits per heavy atom. The lowest BCUT2D eigenvalue weighted by Crippen LogP contribution is -2.24. The van der Waals surface area contributed by atoms with Crippen molar-refractivity contribution in [1.29, 1.82) is 5.26 Å². The number of nitrogens with zero attached hydrogens (tertiary/aromatic N) is 3. The molecule has 0 unspecified atom stereocenters. The topological polar surface area (TPSA) is 70.7 Å². The van der Waals surface area contributed by atoms with Crippen molar-refractivity contribution in [3.05, 3.63) is 63.0 Å². The lowest BCUT2D eigenvalue weighted by atomic mass is 10.0. The summed E-state index contributed by atoms with van der Waals surface area (Å²) in [5.41, 5.74) is 2.15. The van der Waals surface area contributed by atoms with Crippen LogP contribution in [0.1, 0.15) is 36.3 Å². The summed E-state index contributed by atoms with van der Waals surface area (Å²) in [4.78, 5) is 17.1. The van der Waals surface area contributed by atoms with Crippen molar-refractivity contribution in [3.63, 3.8) is 0 Å². The number of rotatable bonds is 4. The van der Waals surface area contributed by atoms with E-state index in [4.69, 9.17) is 11.6 Å². The monoisotopic (exact) mass is 394 g/mol. The minimum atomic E-state index is -0.941. The van der Waals surface area contributed by atoms with Gasteiger partial charge in [0.15, 0.2) is 0 Å². The van der Waals surface area contributed by atoms with Crippen molar-refractivity contribution in [3.8, 4) is 11.8 Å². The molecular weight excluding hydrogens is 379 g/mol. The predicted octanol–water partition coefficient (Wildman–Crippen LogP) is 4.31. The molecule has 2 aliphatic carbocycles. The van der Waals surface area contributed by atoms with Gasteiger partial charge in [0.2, 0.25) is 0 Å². The van der Waals surface area contributed by atoms with E-state index >= 15 is 0 Å². The summed E-state index contributed by atoms with van der Waals surface area (Å²) < 4.78 is 14.9. The molecule has 3 aromatic rings. The van der Waals surface area contributed by atoms with Crippen LogP contribution in [-0.2, 0) is 0 Å². The maximum Gasteiger partial charge on any atom is 0.354 e. The Morgan fingerprint density at radius 3 is 2.68 bits per heavy atom. The average Bonchev–Trinajstić information content (AvgIpc) is 3.60. The zero-order valence-corrected chi connectivity index (χ0v) is 15.6. The Labute approximate surface area is 165 Å². The quantitative estimate of drug-likeness (QED) is 0.715. The highest BCUT2D eigenvalue weighted by atomic mass is 35.5. The second-order valence-electron chi connectivity index (χ2n) is 7.38. The smallest absolute Gasteiger partial charge is 0.354 e. The van der Waals surface area contributed by atoms with E-state index in [0.717, 1.165) is 18.4 Å². The van der Waals surface area contributed by atoms with Crippen molar-refractivity contribution < 1.29 is 4.39 Å². The number of anilines is 1. The molecule has 1 N–H and O–H groups in total. The van der Waals surface area contributed by atoms with Gasteiger partial charge in [0.1, 0.15) is 12.0 Å². The maximum atomic E-state index is 13.4. The first-order valence-electron chi connectivity index (χ1n) is 9.23. The van der Waals surface area contributed by atoms with Gasteiger partial charge in [0.25, 0.3) is 0 Å². The van der Waals surface area contributed by atoms with Gasteiger partial charge in [0, 0.05) is 11.8 Å². The summed E-state index contributed by atoms with van der Waals surface area (Å²) in [6.45, 7) is 0. The van der Waals surface area contributed by atoms with Gasteiger partial charge in [-0.2, -0.15) is 10.2 Å². The van der Waals surface area contributed by atoms with Gasteiger partial charge < -0.3 is 5.32 Å². The number of hydrogen-bond acceptors (Lipinski definition) is 4.